The van der Waals surface area contributed by atoms with Gasteiger partial charge in [-0.1, -0.05) is 20.8 Å². The average molecular weight is 206 g/mol. The van der Waals surface area contributed by atoms with Crippen molar-refractivity contribution in [3.05, 3.63) is 0 Å². The second-order valence-electron chi connectivity index (χ2n) is 6.62. The third-order valence-electron chi connectivity index (χ3n) is 5.84. The van der Waals surface area contributed by atoms with E-state index in [2.05, 4.69) is 20.8 Å². The predicted octanol–water partition coefficient (Wildman–Crippen LogP) is 3.28. The first-order valence-electron chi connectivity index (χ1n) is 6.58. The molecule has 0 aliphatic heterocycles. The van der Waals surface area contributed by atoms with Gasteiger partial charge >= 0.3 is 0 Å². The molecule has 0 saturated heterocycles. The van der Waals surface area contributed by atoms with Gasteiger partial charge in [0, 0.05) is 12.3 Å². The number of ketones is 1. The molecule has 3 aliphatic rings. The van der Waals surface area contributed by atoms with Crippen LogP contribution in [-0.4, -0.2) is 5.78 Å². The molecule has 3 fully saturated rings. The van der Waals surface area contributed by atoms with E-state index in [1.165, 1.54) is 19.3 Å². The van der Waals surface area contributed by atoms with Crippen LogP contribution in [0, 0.1) is 35.0 Å². The van der Waals surface area contributed by atoms with Gasteiger partial charge in [0.1, 0.15) is 5.78 Å². The molecule has 5 atom stereocenters. The molecule has 0 aromatic rings. The zero-order valence-electron chi connectivity index (χ0n) is 10.1. The molecular weight excluding hydrogens is 184 g/mol. The molecule has 15 heavy (non-hydrogen) atoms. The molecule has 0 radical (unpaired) electrons. The monoisotopic (exact) mass is 206 g/mol. The quantitative estimate of drug-likeness (QED) is 0.643. The van der Waals surface area contributed by atoms with Crippen molar-refractivity contribution in [3.63, 3.8) is 0 Å². The van der Waals surface area contributed by atoms with Gasteiger partial charge in [0.05, 0.1) is 0 Å². The van der Waals surface area contributed by atoms with Crippen molar-refractivity contribution in [1.82, 2.24) is 0 Å². The number of hydrogen-bond donors (Lipinski definition) is 0. The van der Waals surface area contributed by atoms with Crippen molar-refractivity contribution in [2.24, 2.45) is 35.0 Å². The van der Waals surface area contributed by atoms with Crippen LogP contribution in [0.1, 0.15) is 46.5 Å². The van der Waals surface area contributed by atoms with E-state index in [4.69, 9.17) is 0 Å². The third kappa shape index (κ3) is 1.02. The Balaban J connectivity index is 1.91. The Morgan fingerprint density at radius 2 is 2.07 bits per heavy atom. The number of carbonyl (C=O) groups excluding carboxylic acids is 1. The smallest absolute Gasteiger partial charge is 0.136 e. The minimum atomic E-state index is 0.477. The molecule has 1 nitrogen and oxygen atoms in total. The van der Waals surface area contributed by atoms with Gasteiger partial charge in [0.15, 0.2) is 0 Å². The number of rotatable bonds is 1. The molecule has 0 bridgehead atoms. The van der Waals surface area contributed by atoms with Gasteiger partial charge in [-0.25, -0.2) is 0 Å². The van der Waals surface area contributed by atoms with E-state index < -0.39 is 0 Å². The lowest BCUT2D eigenvalue weighted by atomic mass is 9.48. The molecule has 3 rings (SSSR count). The summed E-state index contributed by atoms with van der Waals surface area (Å²) in [5.74, 6) is 4.18. The van der Waals surface area contributed by atoms with Crippen molar-refractivity contribution in [1.29, 1.82) is 0 Å². The predicted molar refractivity (Wildman–Crippen MR) is 60.4 cm³/mol. The lowest BCUT2D eigenvalue weighted by Crippen LogP contribution is -2.54. The van der Waals surface area contributed by atoms with Gasteiger partial charge < -0.3 is 0 Å². The summed E-state index contributed by atoms with van der Waals surface area (Å²) in [5, 5.41) is 0. The molecule has 0 aromatic heterocycles. The topological polar surface area (TPSA) is 17.1 Å². The molecule has 3 aliphatic carbocycles. The Hall–Kier alpha value is -0.330. The van der Waals surface area contributed by atoms with Crippen molar-refractivity contribution in [3.8, 4) is 0 Å². The van der Waals surface area contributed by atoms with Gasteiger partial charge in [-0.15, -0.1) is 0 Å². The SMILES string of the molecule is CC(C)[C@@H]1CC[C@]2(C)C1[C@H]1C(=O)CC[C@H]12. The Morgan fingerprint density at radius 1 is 1.33 bits per heavy atom. The fraction of sp³-hybridized carbons (Fsp3) is 0.929. The van der Waals surface area contributed by atoms with Gasteiger partial charge in [0.2, 0.25) is 0 Å². The van der Waals surface area contributed by atoms with Gasteiger partial charge in [-0.2, -0.15) is 0 Å². The normalized spacial score (nSPS) is 52.9. The molecular formula is C14H22O. The molecule has 1 unspecified atom stereocenters. The largest absolute Gasteiger partial charge is 0.299 e. The summed E-state index contributed by atoms with van der Waals surface area (Å²) in [6.07, 6.45) is 4.83. The van der Waals surface area contributed by atoms with E-state index >= 15 is 0 Å². The zero-order valence-corrected chi connectivity index (χ0v) is 10.1. The number of Topliss-reactive ketones (excluding diaryl/α,β-unsaturated/α-hetero) is 1. The van der Waals surface area contributed by atoms with Crippen LogP contribution in [0.25, 0.3) is 0 Å². The Bertz CT molecular complexity index is 306. The molecule has 1 heteroatoms. The van der Waals surface area contributed by atoms with Crippen LogP contribution < -0.4 is 0 Å². The number of hydrogen-bond acceptors (Lipinski definition) is 1. The molecule has 0 N–H and O–H groups in total. The lowest BCUT2D eigenvalue weighted by molar-refractivity contribution is -0.142. The molecule has 0 amide bonds. The fourth-order valence-corrected chi connectivity index (χ4v) is 5.11. The van der Waals surface area contributed by atoms with Crippen LogP contribution in [0.5, 0.6) is 0 Å². The van der Waals surface area contributed by atoms with Crippen LogP contribution >= 0.6 is 0 Å². The maximum absolute atomic E-state index is 11.9. The summed E-state index contributed by atoms with van der Waals surface area (Å²) in [6, 6.07) is 0. The van der Waals surface area contributed by atoms with Gasteiger partial charge in [0.25, 0.3) is 0 Å². The second kappa shape index (κ2) is 2.87. The van der Waals surface area contributed by atoms with E-state index in [-0.39, 0.29) is 0 Å². The number of carbonyl (C=O) groups is 1. The Kier molecular flexibility index (Phi) is 1.88. The highest BCUT2D eigenvalue weighted by Gasteiger charge is 2.67. The van der Waals surface area contributed by atoms with Crippen molar-refractivity contribution in [2.45, 2.75) is 46.5 Å². The van der Waals surface area contributed by atoms with Crippen molar-refractivity contribution < 1.29 is 4.79 Å². The summed E-state index contributed by atoms with van der Waals surface area (Å²) in [4.78, 5) is 11.9. The van der Waals surface area contributed by atoms with Crippen LogP contribution in [0.3, 0.4) is 0 Å². The summed E-state index contributed by atoms with van der Waals surface area (Å²) in [7, 11) is 0. The van der Waals surface area contributed by atoms with Crippen LogP contribution in [-0.2, 0) is 4.79 Å². The Labute approximate surface area is 92.6 Å². The first kappa shape index (κ1) is 9.86. The molecule has 0 heterocycles. The van der Waals surface area contributed by atoms with Gasteiger partial charge in [-0.05, 0) is 48.3 Å². The molecule has 84 valence electrons. The zero-order chi connectivity index (χ0) is 10.8. The standard InChI is InChI=1S/C14H22O/c1-8(2)9-6-7-14(3)10-4-5-11(15)12(10)13(9)14/h8-10,12-13H,4-7H2,1-3H3/t9-,10+,12+,13?,14-/m0/s1. The van der Waals surface area contributed by atoms with Crippen molar-refractivity contribution >= 4 is 5.78 Å². The van der Waals surface area contributed by atoms with Gasteiger partial charge in [-0.3, -0.25) is 4.79 Å². The summed E-state index contributed by atoms with van der Waals surface area (Å²) in [5.41, 5.74) is 0.547. The minimum absolute atomic E-state index is 0.477. The van der Waals surface area contributed by atoms with E-state index in [0.717, 1.165) is 30.1 Å². The first-order chi connectivity index (χ1) is 7.05. The maximum Gasteiger partial charge on any atom is 0.136 e. The summed E-state index contributed by atoms with van der Waals surface area (Å²) >= 11 is 0. The van der Waals surface area contributed by atoms with E-state index in [1.807, 2.05) is 0 Å². The van der Waals surface area contributed by atoms with Crippen LogP contribution in [0.2, 0.25) is 0 Å². The molecule has 3 saturated carbocycles. The summed E-state index contributed by atoms with van der Waals surface area (Å²) in [6.45, 7) is 7.13. The number of fused-ring (bicyclic) bond motifs is 4. The average Bonchev–Trinajstić information content (AvgIpc) is 2.62. The summed E-state index contributed by atoms with van der Waals surface area (Å²) < 4.78 is 0. The van der Waals surface area contributed by atoms with E-state index in [9.17, 15) is 4.79 Å². The van der Waals surface area contributed by atoms with Crippen LogP contribution in [0.4, 0.5) is 0 Å². The second-order valence-corrected chi connectivity index (χ2v) is 6.62. The highest BCUT2D eigenvalue weighted by atomic mass is 16.1. The lowest BCUT2D eigenvalue weighted by Gasteiger charge is -2.56. The first-order valence-corrected chi connectivity index (χ1v) is 6.58. The van der Waals surface area contributed by atoms with E-state index in [0.29, 0.717) is 17.1 Å². The molecule has 0 spiro atoms. The van der Waals surface area contributed by atoms with Crippen LogP contribution in [0.15, 0.2) is 0 Å². The highest BCUT2D eigenvalue weighted by Crippen LogP contribution is 2.71. The fourth-order valence-electron chi connectivity index (χ4n) is 5.11. The third-order valence-corrected chi connectivity index (χ3v) is 5.84. The maximum atomic E-state index is 11.9. The molecule has 0 aromatic carbocycles. The highest BCUT2D eigenvalue weighted by molar-refractivity contribution is 5.85. The minimum Gasteiger partial charge on any atom is -0.299 e. The van der Waals surface area contributed by atoms with E-state index in [1.54, 1.807) is 0 Å². The Morgan fingerprint density at radius 3 is 2.73 bits per heavy atom. The van der Waals surface area contributed by atoms with Crippen molar-refractivity contribution in [2.75, 3.05) is 0 Å².